The van der Waals surface area contributed by atoms with Gasteiger partial charge < -0.3 is 9.84 Å². The number of phenolic OH excluding ortho intramolecular Hbond substituents is 1. The summed E-state index contributed by atoms with van der Waals surface area (Å²) in [5.74, 6) is -1.59. The van der Waals surface area contributed by atoms with Gasteiger partial charge in [-0.05, 0) is 12.1 Å². The summed E-state index contributed by atoms with van der Waals surface area (Å²) in [4.78, 5) is 11.2. The third kappa shape index (κ3) is 1.93. The van der Waals surface area contributed by atoms with Crippen LogP contribution in [0.2, 0.25) is 0 Å². The molecule has 0 saturated heterocycles. The van der Waals surface area contributed by atoms with E-state index in [1.165, 1.54) is 6.07 Å². The molecule has 1 rings (SSSR count). The second-order valence-electron chi connectivity index (χ2n) is 2.83. The van der Waals surface area contributed by atoms with Crippen LogP contribution in [-0.2, 0) is 4.74 Å². The molecule has 6 heteroatoms. The molecule has 0 heterocycles. The molecular weight excluding hydrogens is 220 g/mol. The molecule has 0 spiro atoms. The maximum atomic E-state index is 12.5. The predicted molar refractivity (Wildman–Crippen MR) is 49.1 cm³/mol. The number of phenols is 1. The molecule has 0 radical (unpaired) electrons. The van der Waals surface area contributed by atoms with Crippen molar-refractivity contribution in [3.8, 4) is 11.8 Å². The number of carbonyl (C=O) groups is 1. The van der Waals surface area contributed by atoms with Gasteiger partial charge in [0.15, 0.2) is 0 Å². The van der Waals surface area contributed by atoms with E-state index in [0.29, 0.717) is 0 Å². The third-order valence-electron chi connectivity index (χ3n) is 1.95. The van der Waals surface area contributed by atoms with E-state index >= 15 is 0 Å². The number of nitriles is 1. The van der Waals surface area contributed by atoms with Crippen molar-refractivity contribution in [3.05, 3.63) is 28.8 Å². The van der Waals surface area contributed by atoms with Crippen molar-refractivity contribution in [2.24, 2.45) is 0 Å². The summed E-state index contributed by atoms with van der Waals surface area (Å²) in [6, 6.07) is 3.28. The number of hydrogen-bond acceptors (Lipinski definition) is 4. The first-order chi connectivity index (χ1) is 7.52. The first kappa shape index (κ1) is 11.9. The molecule has 0 aliphatic carbocycles. The van der Waals surface area contributed by atoms with Gasteiger partial charge >= 0.3 is 5.97 Å². The molecule has 1 aromatic carbocycles. The molecule has 1 N–H and O–H groups in total. The maximum absolute atomic E-state index is 12.5. The Balaban J connectivity index is 3.52. The Kier molecular flexibility index (Phi) is 3.40. The molecule has 0 bridgehead atoms. The normalized spacial score (nSPS) is 9.94. The number of rotatable bonds is 2. The monoisotopic (exact) mass is 227 g/mol. The molecule has 0 aliphatic heterocycles. The predicted octanol–water partition coefficient (Wildman–Crippen LogP) is 1.99. The summed E-state index contributed by atoms with van der Waals surface area (Å²) in [7, 11) is 1.03. The first-order valence-corrected chi connectivity index (χ1v) is 4.15. The van der Waals surface area contributed by atoms with Crippen molar-refractivity contribution in [1.82, 2.24) is 0 Å². The lowest BCUT2D eigenvalue weighted by molar-refractivity contribution is 0.0596. The number of aromatic hydroxyl groups is 1. The Morgan fingerprint density at radius 2 is 2.19 bits per heavy atom. The van der Waals surface area contributed by atoms with E-state index in [9.17, 15) is 18.7 Å². The molecule has 0 atom stereocenters. The molecule has 0 amide bonds. The van der Waals surface area contributed by atoms with Crippen LogP contribution < -0.4 is 0 Å². The molecule has 16 heavy (non-hydrogen) atoms. The first-order valence-electron chi connectivity index (χ1n) is 4.15. The lowest BCUT2D eigenvalue weighted by atomic mass is 10.0. The summed E-state index contributed by atoms with van der Waals surface area (Å²) in [6.07, 6.45) is -2.90. The molecule has 1 aromatic rings. The van der Waals surface area contributed by atoms with E-state index in [4.69, 9.17) is 5.26 Å². The number of nitrogens with zero attached hydrogens (tertiary/aromatic N) is 1. The fraction of sp³-hybridized carbons (Fsp3) is 0.200. The Morgan fingerprint density at radius 3 is 2.62 bits per heavy atom. The van der Waals surface area contributed by atoms with Crippen molar-refractivity contribution in [1.29, 1.82) is 5.26 Å². The average molecular weight is 227 g/mol. The van der Waals surface area contributed by atoms with Crippen LogP contribution >= 0.6 is 0 Å². The highest BCUT2D eigenvalue weighted by Gasteiger charge is 2.24. The standard InChI is InChI=1S/C10H7F2NO3/c1-16-10(15)8-6(4-13)5(9(11)12)2-3-7(8)14/h2-3,9,14H,1H3. The largest absolute Gasteiger partial charge is 0.507 e. The summed E-state index contributed by atoms with van der Waals surface area (Å²) in [5, 5.41) is 18.0. The van der Waals surface area contributed by atoms with Crippen LogP contribution in [0.25, 0.3) is 0 Å². The van der Waals surface area contributed by atoms with Crippen molar-refractivity contribution < 1.29 is 23.4 Å². The lowest BCUT2D eigenvalue weighted by Crippen LogP contribution is -2.07. The van der Waals surface area contributed by atoms with Crippen LogP contribution in [-0.4, -0.2) is 18.2 Å². The van der Waals surface area contributed by atoms with Gasteiger partial charge in [0, 0.05) is 5.56 Å². The Hall–Kier alpha value is -2.16. The van der Waals surface area contributed by atoms with Crippen molar-refractivity contribution in [2.75, 3.05) is 7.11 Å². The van der Waals surface area contributed by atoms with E-state index in [0.717, 1.165) is 19.2 Å². The van der Waals surface area contributed by atoms with Crippen LogP contribution in [0.15, 0.2) is 12.1 Å². The number of halogens is 2. The number of alkyl halides is 2. The van der Waals surface area contributed by atoms with Crippen LogP contribution in [0.3, 0.4) is 0 Å². The van der Waals surface area contributed by atoms with Gasteiger partial charge in [-0.15, -0.1) is 0 Å². The molecule has 0 fully saturated rings. The zero-order valence-corrected chi connectivity index (χ0v) is 8.20. The van der Waals surface area contributed by atoms with E-state index in [1.54, 1.807) is 0 Å². The second-order valence-corrected chi connectivity index (χ2v) is 2.83. The van der Waals surface area contributed by atoms with Crippen molar-refractivity contribution in [3.63, 3.8) is 0 Å². The zero-order valence-electron chi connectivity index (χ0n) is 8.20. The van der Waals surface area contributed by atoms with Crippen molar-refractivity contribution >= 4 is 5.97 Å². The van der Waals surface area contributed by atoms with Gasteiger partial charge in [0.05, 0.1) is 12.7 Å². The SMILES string of the molecule is COC(=O)c1c(O)ccc(C(F)F)c1C#N. The van der Waals surface area contributed by atoms with Crippen molar-refractivity contribution in [2.45, 2.75) is 6.43 Å². The summed E-state index contributed by atoms with van der Waals surface area (Å²) >= 11 is 0. The minimum Gasteiger partial charge on any atom is -0.507 e. The third-order valence-corrected chi connectivity index (χ3v) is 1.95. The number of benzene rings is 1. The van der Waals surface area contributed by atoms with Gasteiger partial charge in [0.1, 0.15) is 17.4 Å². The molecule has 0 unspecified atom stereocenters. The quantitative estimate of drug-likeness (QED) is 0.784. The van der Waals surface area contributed by atoms with Crippen LogP contribution in [0.1, 0.15) is 27.9 Å². The number of esters is 1. The molecular formula is C10H7F2NO3. The van der Waals surface area contributed by atoms with Crippen LogP contribution in [0.4, 0.5) is 8.78 Å². The van der Waals surface area contributed by atoms with Gasteiger partial charge in [-0.3, -0.25) is 0 Å². The topological polar surface area (TPSA) is 70.3 Å². The average Bonchev–Trinajstić information content (AvgIpc) is 2.26. The Labute approximate surface area is 89.7 Å². The van der Waals surface area contributed by atoms with E-state index in [1.807, 2.05) is 0 Å². The lowest BCUT2D eigenvalue weighted by Gasteiger charge is -2.08. The van der Waals surface area contributed by atoms with Gasteiger partial charge in [-0.1, -0.05) is 0 Å². The summed E-state index contributed by atoms with van der Waals surface area (Å²) in [6.45, 7) is 0. The minimum absolute atomic E-state index is 0.539. The number of ether oxygens (including phenoxy) is 1. The molecule has 0 saturated carbocycles. The van der Waals surface area contributed by atoms with Gasteiger partial charge in [-0.2, -0.15) is 5.26 Å². The van der Waals surface area contributed by atoms with E-state index in [2.05, 4.69) is 4.74 Å². The molecule has 4 nitrogen and oxygen atoms in total. The smallest absolute Gasteiger partial charge is 0.343 e. The fourth-order valence-corrected chi connectivity index (χ4v) is 1.22. The van der Waals surface area contributed by atoms with Crippen LogP contribution in [0, 0.1) is 11.3 Å². The number of methoxy groups -OCH3 is 1. The Morgan fingerprint density at radius 1 is 1.56 bits per heavy atom. The fourth-order valence-electron chi connectivity index (χ4n) is 1.22. The molecule has 84 valence electrons. The van der Waals surface area contributed by atoms with E-state index < -0.39 is 34.8 Å². The zero-order chi connectivity index (χ0) is 12.3. The minimum atomic E-state index is -2.90. The van der Waals surface area contributed by atoms with E-state index in [-0.39, 0.29) is 0 Å². The maximum Gasteiger partial charge on any atom is 0.343 e. The second kappa shape index (κ2) is 4.57. The number of hydrogen-bond donors (Lipinski definition) is 1. The Bertz CT molecular complexity index is 466. The molecule has 0 aromatic heterocycles. The highest BCUT2D eigenvalue weighted by Crippen LogP contribution is 2.30. The highest BCUT2D eigenvalue weighted by molar-refractivity contribution is 5.95. The van der Waals surface area contributed by atoms with Crippen LogP contribution in [0.5, 0.6) is 5.75 Å². The number of carbonyl (C=O) groups excluding carboxylic acids is 1. The summed E-state index contributed by atoms with van der Waals surface area (Å²) < 4.78 is 29.3. The summed E-state index contributed by atoms with van der Waals surface area (Å²) in [5.41, 5.74) is -1.72. The van der Waals surface area contributed by atoms with Gasteiger partial charge in [-0.25, -0.2) is 13.6 Å². The van der Waals surface area contributed by atoms with Gasteiger partial charge in [0.25, 0.3) is 6.43 Å². The van der Waals surface area contributed by atoms with Gasteiger partial charge in [0.2, 0.25) is 0 Å². The highest BCUT2D eigenvalue weighted by atomic mass is 19.3. The molecule has 0 aliphatic rings.